The first-order valence-electron chi connectivity index (χ1n) is 7.64. The molecule has 138 valence electrons. The van der Waals surface area contributed by atoms with Crippen molar-refractivity contribution in [1.82, 2.24) is 5.32 Å². The predicted octanol–water partition coefficient (Wildman–Crippen LogP) is 3.96. The van der Waals surface area contributed by atoms with Crippen LogP contribution < -0.4 is 10.6 Å². The maximum absolute atomic E-state index is 12.7. The van der Waals surface area contributed by atoms with Gasteiger partial charge in [-0.1, -0.05) is 35.9 Å². The van der Waals surface area contributed by atoms with Crippen molar-refractivity contribution in [2.75, 3.05) is 11.9 Å². The van der Waals surface area contributed by atoms with Gasteiger partial charge in [-0.3, -0.25) is 9.59 Å². The molecule has 2 rings (SSSR count). The van der Waals surface area contributed by atoms with Crippen molar-refractivity contribution in [2.24, 2.45) is 0 Å². The van der Waals surface area contributed by atoms with Gasteiger partial charge in [-0.15, -0.1) is 0 Å². The van der Waals surface area contributed by atoms with Crippen molar-refractivity contribution in [2.45, 2.75) is 19.5 Å². The second kappa shape index (κ2) is 8.23. The lowest BCUT2D eigenvalue weighted by Crippen LogP contribution is -2.34. The molecule has 0 aliphatic heterocycles. The number of hydrogen-bond donors (Lipinski definition) is 2. The summed E-state index contributed by atoms with van der Waals surface area (Å²) < 4.78 is 38.2. The lowest BCUT2D eigenvalue weighted by molar-refractivity contribution is -0.137. The average Bonchev–Trinajstić information content (AvgIpc) is 2.56. The van der Waals surface area contributed by atoms with Gasteiger partial charge >= 0.3 is 6.18 Å². The molecule has 0 bridgehead atoms. The topological polar surface area (TPSA) is 58.2 Å². The lowest BCUT2D eigenvalue weighted by atomic mass is 10.1. The van der Waals surface area contributed by atoms with Crippen molar-refractivity contribution in [3.05, 3.63) is 64.2 Å². The van der Waals surface area contributed by atoms with Gasteiger partial charge < -0.3 is 10.6 Å². The van der Waals surface area contributed by atoms with Gasteiger partial charge in [0.25, 0.3) is 0 Å². The van der Waals surface area contributed by atoms with Gasteiger partial charge in [-0.25, -0.2) is 0 Å². The number of carbonyl (C=O) groups excluding carboxylic acids is 2. The maximum atomic E-state index is 12.7. The quantitative estimate of drug-likeness (QED) is 0.819. The Hall–Kier alpha value is -2.54. The van der Waals surface area contributed by atoms with Crippen LogP contribution in [0.1, 0.15) is 16.7 Å². The Bertz CT molecular complexity index is 822. The molecule has 0 fully saturated rings. The number of hydrogen-bond acceptors (Lipinski definition) is 2. The number of alkyl halides is 3. The molecule has 0 saturated heterocycles. The largest absolute Gasteiger partial charge is 0.416 e. The first-order valence-corrected chi connectivity index (χ1v) is 8.02. The second-order valence-electron chi connectivity index (χ2n) is 5.62. The standard InChI is InChI=1S/C18H16ClF3N2O2/c1-11-4-2-3-5-12(11)8-16(25)23-10-17(26)24-15-9-13(18(20,21)22)6-7-14(15)19/h2-7,9H,8,10H2,1H3,(H,23,25)(H,24,26). The van der Waals surface area contributed by atoms with Crippen LogP contribution in [0, 0.1) is 6.92 Å². The number of carbonyl (C=O) groups is 2. The van der Waals surface area contributed by atoms with Crippen LogP contribution in [0.15, 0.2) is 42.5 Å². The van der Waals surface area contributed by atoms with Crippen LogP contribution in [0.4, 0.5) is 18.9 Å². The summed E-state index contributed by atoms with van der Waals surface area (Å²) in [6, 6.07) is 9.94. The zero-order valence-electron chi connectivity index (χ0n) is 13.8. The second-order valence-corrected chi connectivity index (χ2v) is 6.03. The third kappa shape index (κ3) is 5.49. The van der Waals surface area contributed by atoms with E-state index in [2.05, 4.69) is 10.6 Å². The van der Waals surface area contributed by atoms with Crippen molar-refractivity contribution >= 4 is 29.1 Å². The number of benzene rings is 2. The Labute approximate surface area is 153 Å². The molecule has 0 unspecified atom stereocenters. The summed E-state index contributed by atoms with van der Waals surface area (Å²) in [6.45, 7) is 1.49. The Balaban J connectivity index is 1.93. The number of amides is 2. The van der Waals surface area contributed by atoms with E-state index >= 15 is 0 Å². The SMILES string of the molecule is Cc1ccccc1CC(=O)NCC(=O)Nc1cc(C(F)(F)F)ccc1Cl. The van der Waals surface area contributed by atoms with E-state index in [0.717, 1.165) is 29.3 Å². The number of aryl methyl sites for hydroxylation is 1. The molecule has 4 nitrogen and oxygen atoms in total. The van der Waals surface area contributed by atoms with Crippen LogP contribution in [0.5, 0.6) is 0 Å². The molecular formula is C18H16ClF3N2O2. The Morgan fingerprint density at radius 2 is 1.77 bits per heavy atom. The molecule has 0 aliphatic carbocycles. The molecule has 0 saturated carbocycles. The highest BCUT2D eigenvalue weighted by Crippen LogP contribution is 2.33. The van der Waals surface area contributed by atoms with Crippen LogP contribution in [-0.2, 0) is 22.2 Å². The molecule has 0 aliphatic rings. The van der Waals surface area contributed by atoms with Gasteiger partial charge in [0.05, 0.1) is 29.2 Å². The molecule has 2 N–H and O–H groups in total. The molecule has 26 heavy (non-hydrogen) atoms. The molecule has 0 spiro atoms. The summed E-state index contributed by atoms with van der Waals surface area (Å²) in [5, 5.41) is 4.66. The van der Waals surface area contributed by atoms with E-state index in [1.54, 1.807) is 12.1 Å². The van der Waals surface area contributed by atoms with E-state index in [0.29, 0.717) is 0 Å². The fourth-order valence-electron chi connectivity index (χ4n) is 2.21. The maximum Gasteiger partial charge on any atom is 0.416 e. The van der Waals surface area contributed by atoms with Gasteiger partial charge in [0.1, 0.15) is 0 Å². The molecule has 2 aromatic carbocycles. The van der Waals surface area contributed by atoms with Crippen molar-refractivity contribution in [1.29, 1.82) is 0 Å². The van der Waals surface area contributed by atoms with Crippen LogP contribution >= 0.6 is 11.6 Å². The summed E-state index contributed by atoms with van der Waals surface area (Å²) in [5.74, 6) is -1.05. The molecule has 0 radical (unpaired) electrons. The van der Waals surface area contributed by atoms with E-state index in [9.17, 15) is 22.8 Å². The van der Waals surface area contributed by atoms with Gasteiger partial charge in [-0.05, 0) is 36.2 Å². The summed E-state index contributed by atoms with van der Waals surface area (Å²) >= 11 is 5.81. The molecular weight excluding hydrogens is 369 g/mol. The fourth-order valence-corrected chi connectivity index (χ4v) is 2.38. The van der Waals surface area contributed by atoms with Gasteiger partial charge in [0, 0.05) is 0 Å². The smallest absolute Gasteiger partial charge is 0.347 e. The average molecular weight is 385 g/mol. The first kappa shape index (κ1) is 19.8. The summed E-state index contributed by atoms with van der Waals surface area (Å²) in [6.07, 6.45) is -4.45. The fraction of sp³-hybridized carbons (Fsp3) is 0.222. The van der Waals surface area contributed by atoms with Gasteiger partial charge in [0.2, 0.25) is 11.8 Å². The summed E-state index contributed by atoms with van der Waals surface area (Å²) in [5.41, 5.74) is 0.676. The minimum absolute atomic E-state index is 0.0300. The van der Waals surface area contributed by atoms with E-state index in [-0.39, 0.29) is 29.6 Å². The molecule has 2 amide bonds. The summed E-state index contributed by atoms with van der Waals surface area (Å²) in [4.78, 5) is 23.8. The normalized spacial score (nSPS) is 11.1. The number of rotatable bonds is 5. The summed E-state index contributed by atoms with van der Waals surface area (Å²) in [7, 11) is 0. The Morgan fingerprint density at radius 3 is 2.42 bits per heavy atom. The van der Waals surface area contributed by atoms with E-state index in [1.165, 1.54) is 0 Å². The zero-order valence-corrected chi connectivity index (χ0v) is 14.5. The highest BCUT2D eigenvalue weighted by atomic mass is 35.5. The molecule has 2 aromatic rings. The Kier molecular flexibility index (Phi) is 6.26. The lowest BCUT2D eigenvalue weighted by Gasteiger charge is -2.12. The van der Waals surface area contributed by atoms with Crippen LogP contribution in [0.3, 0.4) is 0 Å². The Morgan fingerprint density at radius 1 is 1.08 bits per heavy atom. The van der Waals surface area contributed by atoms with Gasteiger partial charge in [-0.2, -0.15) is 13.2 Å². The van der Waals surface area contributed by atoms with Crippen LogP contribution in [0.2, 0.25) is 5.02 Å². The monoisotopic (exact) mass is 384 g/mol. The molecule has 0 atom stereocenters. The van der Waals surface area contributed by atoms with Crippen molar-refractivity contribution in [3.8, 4) is 0 Å². The van der Waals surface area contributed by atoms with Gasteiger partial charge in [0.15, 0.2) is 0 Å². The zero-order chi connectivity index (χ0) is 19.3. The third-order valence-corrected chi connectivity index (χ3v) is 3.96. The molecule has 8 heteroatoms. The van der Waals surface area contributed by atoms with Crippen molar-refractivity contribution < 1.29 is 22.8 Å². The minimum atomic E-state index is -4.55. The van der Waals surface area contributed by atoms with E-state index in [1.807, 2.05) is 19.1 Å². The highest BCUT2D eigenvalue weighted by Gasteiger charge is 2.31. The van der Waals surface area contributed by atoms with E-state index in [4.69, 9.17) is 11.6 Å². The van der Waals surface area contributed by atoms with Crippen LogP contribution in [-0.4, -0.2) is 18.4 Å². The first-order chi connectivity index (χ1) is 12.2. The van der Waals surface area contributed by atoms with Crippen molar-refractivity contribution in [3.63, 3.8) is 0 Å². The predicted molar refractivity (Wildman–Crippen MR) is 93.0 cm³/mol. The number of halogens is 4. The van der Waals surface area contributed by atoms with E-state index < -0.39 is 17.6 Å². The minimum Gasteiger partial charge on any atom is -0.347 e. The highest BCUT2D eigenvalue weighted by molar-refractivity contribution is 6.33. The third-order valence-electron chi connectivity index (χ3n) is 3.63. The molecule has 0 aromatic heterocycles. The number of nitrogens with one attached hydrogen (secondary N) is 2. The molecule has 0 heterocycles. The van der Waals surface area contributed by atoms with Crippen LogP contribution in [0.25, 0.3) is 0 Å². The number of anilines is 1.